The van der Waals surface area contributed by atoms with E-state index in [0.29, 0.717) is 22.5 Å². The Morgan fingerprint density at radius 3 is 2.67 bits per heavy atom. The van der Waals surface area contributed by atoms with Crippen LogP contribution in [0.3, 0.4) is 0 Å². The monoisotopic (exact) mass is 310 g/mol. The highest BCUT2D eigenvalue weighted by molar-refractivity contribution is 9.08. The SMILES string of the molecule is CCOC(=O)c1c(CBr)ccc(Cl)c1Cl. The fourth-order valence-electron chi connectivity index (χ4n) is 1.13. The number of carbonyl (C=O) groups excluding carboxylic acids is 1. The summed E-state index contributed by atoms with van der Waals surface area (Å²) < 4.78 is 4.90. The summed E-state index contributed by atoms with van der Waals surface area (Å²) in [6, 6.07) is 3.40. The van der Waals surface area contributed by atoms with Crippen LogP contribution >= 0.6 is 39.1 Å². The van der Waals surface area contributed by atoms with Gasteiger partial charge < -0.3 is 4.74 Å². The molecular formula is C10H9BrCl2O2. The van der Waals surface area contributed by atoms with Crippen molar-refractivity contribution >= 4 is 45.1 Å². The number of carbonyl (C=O) groups is 1. The summed E-state index contributed by atoms with van der Waals surface area (Å²) in [6.45, 7) is 2.05. The maximum Gasteiger partial charge on any atom is 0.340 e. The van der Waals surface area contributed by atoms with Crippen LogP contribution in [-0.4, -0.2) is 12.6 Å². The fraction of sp³-hybridized carbons (Fsp3) is 0.300. The van der Waals surface area contributed by atoms with Crippen molar-refractivity contribution in [2.45, 2.75) is 12.3 Å². The molecule has 0 spiro atoms. The third-order valence-corrected chi connectivity index (χ3v) is 3.21. The van der Waals surface area contributed by atoms with Gasteiger partial charge in [-0.25, -0.2) is 4.79 Å². The van der Waals surface area contributed by atoms with Crippen LogP contribution < -0.4 is 0 Å². The van der Waals surface area contributed by atoms with Crippen molar-refractivity contribution < 1.29 is 9.53 Å². The van der Waals surface area contributed by atoms with Gasteiger partial charge in [-0.15, -0.1) is 0 Å². The van der Waals surface area contributed by atoms with Gasteiger partial charge in [0.15, 0.2) is 0 Å². The van der Waals surface area contributed by atoms with Crippen molar-refractivity contribution in [3.63, 3.8) is 0 Å². The molecule has 0 saturated heterocycles. The number of hydrogen-bond donors (Lipinski definition) is 0. The zero-order valence-electron chi connectivity index (χ0n) is 8.02. The van der Waals surface area contributed by atoms with Gasteiger partial charge in [0.25, 0.3) is 0 Å². The number of hydrogen-bond acceptors (Lipinski definition) is 2. The zero-order chi connectivity index (χ0) is 11.4. The zero-order valence-corrected chi connectivity index (χ0v) is 11.1. The van der Waals surface area contributed by atoms with Crippen molar-refractivity contribution in [2.24, 2.45) is 0 Å². The predicted molar refractivity (Wildman–Crippen MR) is 65.0 cm³/mol. The second-order valence-electron chi connectivity index (χ2n) is 2.75. The van der Waals surface area contributed by atoms with E-state index in [1.165, 1.54) is 0 Å². The smallest absolute Gasteiger partial charge is 0.340 e. The molecule has 0 atom stereocenters. The molecule has 0 aliphatic heterocycles. The summed E-state index contributed by atoms with van der Waals surface area (Å²) in [6.07, 6.45) is 0. The highest BCUT2D eigenvalue weighted by Gasteiger charge is 2.18. The van der Waals surface area contributed by atoms with Gasteiger partial charge in [-0.2, -0.15) is 0 Å². The van der Waals surface area contributed by atoms with E-state index in [0.717, 1.165) is 5.56 Å². The molecule has 0 fully saturated rings. The van der Waals surface area contributed by atoms with E-state index in [4.69, 9.17) is 27.9 Å². The Morgan fingerprint density at radius 2 is 2.13 bits per heavy atom. The summed E-state index contributed by atoms with van der Waals surface area (Å²) in [4.78, 5) is 11.6. The highest BCUT2D eigenvalue weighted by atomic mass is 79.9. The fourth-order valence-corrected chi connectivity index (χ4v) is 2.01. The molecule has 0 amide bonds. The summed E-state index contributed by atoms with van der Waals surface area (Å²) >= 11 is 15.1. The Hall–Kier alpha value is -0.250. The molecule has 82 valence electrons. The summed E-state index contributed by atoms with van der Waals surface area (Å²) in [7, 11) is 0. The third-order valence-electron chi connectivity index (χ3n) is 1.80. The predicted octanol–water partition coefficient (Wildman–Crippen LogP) is 4.07. The average molecular weight is 312 g/mol. The molecule has 0 radical (unpaired) electrons. The largest absolute Gasteiger partial charge is 0.462 e. The molecule has 1 rings (SSSR count). The molecule has 1 aromatic rings. The van der Waals surface area contributed by atoms with Crippen molar-refractivity contribution in [3.05, 3.63) is 33.3 Å². The van der Waals surface area contributed by atoms with Crippen molar-refractivity contribution in [2.75, 3.05) is 6.61 Å². The lowest BCUT2D eigenvalue weighted by Crippen LogP contribution is -2.08. The second-order valence-corrected chi connectivity index (χ2v) is 4.10. The second kappa shape index (κ2) is 5.73. The van der Waals surface area contributed by atoms with Crippen molar-refractivity contribution in [1.29, 1.82) is 0 Å². The van der Waals surface area contributed by atoms with Crippen LogP contribution in [0.15, 0.2) is 12.1 Å². The molecular weight excluding hydrogens is 303 g/mol. The first kappa shape index (κ1) is 12.8. The number of ether oxygens (including phenoxy) is 1. The molecule has 5 heteroatoms. The molecule has 0 aliphatic rings. The van der Waals surface area contributed by atoms with Crippen LogP contribution in [-0.2, 0) is 10.1 Å². The highest BCUT2D eigenvalue weighted by Crippen LogP contribution is 2.30. The standard InChI is InChI=1S/C10H9BrCl2O2/c1-2-15-10(14)8-6(5-11)3-4-7(12)9(8)13/h3-4H,2,5H2,1H3. The first-order chi connectivity index (χ1) is 7.11. The number of alkyl halides is 1. The van der Waals surface area contributed by atoms with Gasteiger partial charge in [0.2, 0.25) is 0 Å². The Kier molecular flexibility index (Phi) is 4.90. The van der Waals surface area contributed by atoms with Gasteiger partial charge in [0.1, 0.15) is 0 Å². The van der Waals surface area contributed by atoms with Gasteiger partial charge in [0, 0.05) is 5.33 Å². The van der Waals surface area contributed by atoms with Gasteiger partial charge in [0.05, 0.1) is 22.2 Å². The lowest BCUT2D eigenvalue weighted by atomic mass is 10.1. The summed E-state index contributed by atoms with van der Waals surface area (Å²) in [5.74, 6) is -0.445. The van der Waals surface area contributed by atoms with Gasteiger partial charge in [-0.3, -0.25) is 0 Å². The van der Waals surface area contributed by atoms with Crippen LogP contribution in [0.25, 0.3) is 0 Å². The molecule has 0 bridgehead atoms. The number of rotatable bonds is 3. The molecule has 15 heavy (non-hydrogen) atoms. The van der Waals surface area contributed by atoms with E-state index in [2.05, 4.69) is 15.9 Å². The van der Waals surface area contributed by atoms with Crippen molar-refractivity contribution in [3.8, 4) is 0 Å². The van der Waals surface area contributed by atoms with Crippen LogP contribution in [0.5, 0.6) is 0 Å². The average Bonchev–Trinajstić information content (AvgIpc) is 2.22. The van der Waals surface area contributed by atoms with Crippen molar-refractivity contribution in [1.82, 2.24) is 0 Å². The minimum absolute atomic E-state index is 0.243. The molecule has 1 aromatic carbocycles. The molecule has 0 unspecified atom stereocenters. The number of esters is 1. The number of benzene rings is 1. The summed E-state index contributed by atoms with van der Waals surface area (Å²) in [5.41, 5.74) is 1.10. The Bertz CT molecular complexity index is 380. The van der Waals surface area contributed by atoms with E-state index in [9.17, 15) is 4.79 Å². The van der Waals surface area contributed by atoms with E-state index in [1.54, 1.807) is 19.1 Å². The quantitative estimate of drug-likeness (QED) is 0.621. The van der Waals surface area contributed by atoms with Gasteiger partial charge >= 0.3 is 5.97 Å². The normalized spacial score (nSPS) is 10.1. The van der Waals surface area contributed by atoms with E-state index >= 15 is 0 Å². The van der Waals surface area contributed by atoms with E-state index < -0.39 is 5.97 Å². The topological polar surface area (TPSA) is 26.3 Å². The van der Waals surface area contributed by atoms with Gasteiger partial charge in [-0.1, -0.05) is 45.2 Å². The maximum atomic E-state index is 11.6. The molecule has 0 aromatic heterocycles. The minimum Gasteiger partial charge on any atom is -0.462 e. The maximum absolute atomic E-state index is 11.6. The van der Waals surface area contributed by atoms with E-state index in [1.807, 2.05) is 0 Å². The third kappa shape index (κ3) is 2.86. The lowest BCUT2D eigenvalue weighted by molar-refractivity contribution is 0.0525. The molecule has 0 saturated carbocycles. The Morgan fingerprint density at radius 1 is 1.47 bits per heavy atom. The van der Waals surface area contributed by atoms with Crippen LogP contribution in [0.4, 0.5) is 0 Å². The van der Waals surface area contributed by atoms with Gasteiger partial charge in [-0.05, 0) is 18.6 Å². The van der Waals surface area contributed by atoms with E-state index in [-0.39, 0.29) is 5.02 Å². The first-order valence-electron chi connectivity index (χ1n) is 4.31. The molecule has 0 aliphatic carbocycles. The van der Waals surface area contributed by atoms with Crippen LogP contribution in [0.1, 0.15) is 22.8 Å². The lowest BCUT2D eigenvalue weighted by Gasteiger charge is -2.09. The Labute approximate surface area is 107 Å². The molecule has 0 N–H and O–H groups in total. The van der Waals surface area contributed by atoms with Crippen LogP contribution in [0, 0.1) is 0 Å². The minimum atomic E-state index is -0.445. The first-order valence-corrected chi connectivity index (χ1v) is 6.19. The summed E-state index contributed by atoms with van der Waals surface area (Å²) in [5, 5.41) is 1.12. The Balaban J connectivity index is 3.23. The molecule has 2 nitrogen and oxygen atoms in total. The number of halogens is 3. The molecule has 0 heterocycles. The van der Waals surface area contributed by atoms with Crippen LogP contribution in [0.2, 0.25) is 10.0 Å².